The molecule has 3 rings (SSSR count). The van der Waals surface area contributed by atoms with Gasteiger partial charge in [0.15, 0.2) is 5.82 Å². The lowest BCUT2D eigenvalue weighted by atomic mass is 9.91. The fourth-order valence-electron chi connectivity index (χ4n) is 4.14. The smallest absolute Gasteiger partial charge is 0.348 e. The maximum Gasteiger partial charge on any atom is 0.348 e. The van der Waals surface area contributed by atoms with Gasteiger partial charge in [-0.1, -0.05) is 13.8 Å². The van der Waals surface area contributed by atoms with Gasteiger partial charge in [-0.3, -0.25) is 4.79 Å². The summed E-state index contributed by atoms with van der Waals surface area (Å²) in [6.07, 6.45) is 1.26. The lowest BCUT2D eigenvalue weighted by Gasteiger charge is -2.35. The highest BCUT2D eigenvalue weighted by atomic mass is 32.1. The number of rotatable bonds is 4. The molecule has 0 amide bonds. The number of H-pyrrole nitrogens is 1. The fraction of sp³-hybridized carbons (Fsp3) is 0.632. The Morgan fingerprint density at radius 1 is 1.38 bits per heavy atom. The second-order valence-electron chi connectivity index (χ2n) is 7.64. The van der Waals surface area contributed by atoms with E-state index in [4.69, 9.17) is 9.72 Å². The number of ether oxygens (including phenoxy) is 1. The van der Waals surface area contributed by atoms with E-state index >= 15 is 0 Å². The second kappa shape index (κ2) is 7.48. The van der Waals surface area contributed by atoms with E-state index in [1.54, 1.807) is 13.8 Å². The summed E-state index contributed by atoms with van der Waals surface area (Å²) < 4.78 is 5.10. The van der Waals surface area contributed by atoms with Crippen LogP contribution in [-0.2, 0) is 4.74 Å². The van der Waals surface area contributed by atoms with Crippen LogP contribution in [-0.4, -0.2) is 35.6 Å². The molecule has 0 aromatic carbocycles. The molecule has 3 heterocycles. The maximum absolute atomic E-state index is 12.7. The molecule has 0 bridgehead atoms. The molecule has 142 valence electrons. The van der Waals surface area contributed by atoms with E-state index in [0.29, 0.717) is 44.9 Å². The largest absolute Gasteiger partial charge is 0.462 e. The molecule has 6 nitrogen and oxygen atoms in total. The number of nitrogens with zero attached hydrogens (tertiary/aromatic N) is 1. The van der Waals surface area contributed by atoms with Gasteiger partial charge in [0.05, 0.1) is 25.1 Å². The number of carbonyl (C=O) groups excluding carboxylic acids is 1. The fourth-order valence-corrected chi connectivity index (χ4v) is 5.22. The number of carbonyl (C=O) groups is 1. The zero-order valence-corrected chi connectivity index (χ0v) is 17.0. The van der Waals surface area contributed by atoms with E-state index in [9.17, 15) is 9.59 Å². The van der Waals surface area contributed by atoms with Crippen LogP contribution >= 0.6 is 11.3 Å². The first-order valence-electron chi connectivity index (χ1n) is 9.36. The predicted molar refractivity (Wildman–Crippen MR) is 103 cm³/mol. The molecule has 2 N–H and O–H groups in total. The van der Waals surface area contributed by atoms with Crippen LogP contribution in [0.2, 0.25) is 0 Å². The summed E-state index contributed by atoms with van der Waals surface area (Å²) in [7, 11) is 0. The minimum absolute atomic E-state index is 0.116. The predicted octanol–water partition coefficient (Wildman–Crippen LogP) is 2.09. The zero-order chi connectivity index (χ0) is 19.0. The third-order valence-corrected chi connectivity index (χ3v) is 6.49. The third-order valence-electron chi connectivity index (χ3n) is 5.33. The number of aromatic nitrogens is 2. The van der Waals surface area contributed by atoms with E-state index in [0.717, 1.165) is 13.1 Å². The van der Waals surface area contributed by atoms with E-state index in [-0.39, 0.29) is 17.6 Å². The highest BCUT2D eigenvalue weighted by molar-refractivity contribution is 7.20. The molecule has 1 unspecified atom stereocenters. The second-order valence-corrected chi connectivity index (χ2v) is 8.64. The minimum Gasteiger partial charge on any atom is -0.462 e. The average Bonchev–Trinajstić information content (AvgIpc) is 2.90. The Morgan fingerprint density at radius 2 is 2.04 bits per heavy atom. The summed E-state index contributed by atoms with van der Waals surface area (Å²) in [4.78, 5) is 35.0. The number of thiophene rings is 1. The minimum atomic E-state index is -0.383. The number of likely N-dealkylation sites (tertiary alicyclic amines) is 1. The van der Waals surface area contributed by atoms with Gasteiger partial charge < -0.3 is 14.6 Å². The van der Waals surface area contributed by atoms with Gasteiger partial charge >= 0.3 is 5.97 Å². The number of aryl methyl sites for hydroxylation is 1. The topological polar surface area (TPSA) is 76.5 Å². The normalized spacial score (nSPS) is 24.6. The van der Waals surface area contributed by atoms with Crippen LogP contribution in [0, 0.1) is 18.8 Å². The molecule has 1 aliphatic heterocycles. The molecule has 0 radical (unpaired) electrons. The first kappa shape index (κ1) is 19.0. The highest BCUT2D eigenvalue weighted by Gasteiger charge is 2.31. The lowest BCUT2D eigenvalue weighted by Crippen LogP contribution is -3.14. The highest BCUT2D eigenvalue weighted by Crippen LogP contribution is 2.28. The van der Waals surface area contributed by atoms with Gasteiger partial charge in [0, 0.05) is 11.8 Å². The summed E-state index contributed by atoms with van der Waals surface area (Å²) in [6, 6.07) is 0.116. The van der Waals surface area contributed by atoms with Crippen LogP contribution in [0.15, 0.2) is 4.79 Å². The molecule has 26 heavy (non-hydrogen) atoms. The van der Waals surface area contributed by atoms with E-state index < -0.39 is 0 Å². The quantitative estimate of drug-likeness (QED) is 0.799. The molecule has 0 saturated carbocycles. The standard InChI is InChI=1S/C19H27N3O3S/c1-6-25-19(24)15-12(4)14-17(23)20-16(21-18(14)26-15)13(5)22-8-10(2)7-11(3)9-22/h10-11,13H,6-9H2,1-5H3,(H,20,21,23)/p+1/t10-,11+,13-/m1/s1. The summed E-state index contributed by atoms with van der Waals surface area (Å²) >= 11 is 1.25. The summed E-state index contributed by atoms with van der Waals surface area (Å²) in [5, 5.41) is 0.504. The van der Waals surface area contributed by atoms with Crippen molar-refractivity contribution in [1.82, 2.24) is 9.97 Å². The third kappa shape index (κ3) is 3.55. The van der Waals surface area contributed by atoms with Crippen LogP contribution in [0.4, 0.5) is 0 Å². The van der Waals surface area contributed by atoms with Crippen LogP contribution in [0.3, 0.4) is 0 Å². The van der Waals surface area contributed by atoms with Crippen LogP contribution in [0.5, 0.6) is 0 Å². The Bertz CT molecular complexity index is 863. The first-order chi connectivity index (χ1) is 12.3. The Morgan fingerprint density at radius 3 is 2.65 bits per heavy atom. The van der Waals surface area contributed by atoms with Gasteiger partial charge in [0.25, 0.3) is 5.56 Å². The molecular formula is C19H28N3O3S+. The average molecular weight is 379 g/mol. The Balaban J connectivity index is 1.98. The first-order valence-corrected chi connectivity index (χ1v) is 10.2. The van der Waals surface area contributed by atoms with E-state index in [2.05, 4.69) is 25.8 Å². The molecule has 1 fully saturated rings. The van der Waals surface area contributed by atoms with Gasteiger partial charge in [0.1, 0.15) is 15.7 Å². The van der Waals surface area contributed by atoms with Crippen molar-refractivity contribution in [3.8, 4) is 0 Å². The molecule has 2 aromatic heterocycles. The number of esters is 1. The molecule has 4 atom stereocenters. The molecule has 1 saturated heterocycles. The van der Waals surface area contributed by atoms with Gasteiger partial charge in [-0.05, 0) is 32.8 Å². The van der Waals surface area contributed by atoms with E-state index in [1.165, 1.54) is 22.7 Å². The number of hydrogen-bond acceptors (Lipinski definition) is 5. The van der Waals surface area contributed by atoms with E-state index in [1.807, 2.05) is 0 Å². The molecular weight excluding hydrogens is 350 g/mol. The summed E-state index contributed by atoms with van der Waals surface area (Å²) in [6.45, 7) is 12.7. The molecule has 7 heteroatoms. The summed E-state index contributed by atoms with van der Waals surface area (Å²) in [5.41, 5.74) is 0.489. The van der Waals surface area contributed by atoms with Crippen molar-refractivity contribution < 1.29 is 14.4 Å². The number of piperidine rings is 1. The Hall–Kier alpha value is -1.73. The van der Waals surface area contributed by atoms with Gasteiger partial charge in [0.2, 0.25) is 0 Å². The molecule has 1 aliphatic rings. The Kier molecular flexibility index (Phi) is 5.48. The molecule has 2 aromatic rings. The van der Waals surface area contributed by atoms with Crippen LogP contribution < -0.4 is 10.5 Å². The maximum atomic E-state index is 12.7. The SMILES string of the molecule is CCOC(=O)c1sc2nc([C@@H](C)[NH+]3C[C@H](C)C[C@H](C)C3)[nH]c(=O)c2c1C. The number of aromatic amines is 1. The van der Waals surface area contributed by atoms with Crippen molar-refractivity contribution in [1.29, 1.82) is 0 Å². The van der Waals surface area contributed by atoms with Crippen LogP contribution in [0.25, 0.3) is 10.2 Å². The molecule has 0 spiro atoms. The Labute approximate surface area is 157 Å². The number of nitrogens with one attached hydrogen (secondary N) is 2. The van der Waals surface area contributed by atoms with Gasteiger partial charge in [-0.25, -0.2) is 9.78 Å². The number of fused-ring (bicyclic) bond motifs is 1. The van der Waals surface area contributed by atoms with Crippen molar-refractivity contribution >= 4 is 27.5 Å². The zero-order valence-electron chi connectivity index (χ0n) is 16.1. The number of hydrogen-bond donors (Lipinski definition) is 2. The van der Waals surface area contributed by atoms with Crippen molar-refractivity contribution in [2.24, 2.45) is 11.8 Å². The van der Waals surface area contributed by atoms with Crippen molar-refractivity contribution in [2.45, 2.75) is 47.1 Å². The monoisotopic (exact) mass is 378 g/mol. The van der Waals surface area contributed by atoms with Gasteiger partial charge in [-0.2, -0.15) is 0 Å². The summed E-state index contributed by atoms with van der Waals surface area (Å²) in [5.74, 6) is 1.67. The van der Waals surface area contributed by atoms with Crippen molar-refractivity contribution in [2.75, 3.05) is 19.7 Å². The number of quaternary nitrogens is 1. The molecule has 0 aliphatic carbocycles. The van der Waals surface area contributed by atoms with Gasteiger partial charge in [-0.15, -0.1) is 11.3 Å². The van der Waals surface area contributed by atoms with Crippen LogP contribution in [0.1, 0.15) is 61.2 Å². The lowest BCUT2D eigenvalue weighted by molar-refractivity contribution is -0.941. The van der Waals surface area contributed by atoms with Crippen molar-refractivity contribution in [3.05, 3.63) is 26.6 Å². The van der Waals surface area contributed by atoms with Crippen molar-refractivity contribution in [3.63, 3.8) is 0 Å².